The molecule has 3 N–H and O–H groups in total. The minimum Gasteiger partial charge on any atom is -0.386 e. The van der Waals surface area contributed by atoms with Crippen LogP contribution in [-0.2, 0) is 29.2 Å². The van der Waals surface area contributed by atoms with Gasteiger partial charge in [-0.15, -0.1) is 0 Å². The summed E-state index contributed by atoms with van der Waals surface area (Å²) in [5.41, 5.74) is 1.68. The van der Waals surface area contributed by atoms with E-state index >= 15 is 0 Å². The molecule has 0 amide bonds. The third kappa shape index (κ3) is 6.34. The molecule has 3 fully saturated rings. The second kappa shape index (κ2) is 11.1. The number of fused-ring (bicyclic) bond motifs is 5. The maximum absolute atomic E-state index is 11.5. The van der Waals surface area contributed by atoms with E-state index in [1.165, 1.54) is 0 Å². The lowest BCUT2D eigenvalue weighted by Crippen LogP contribution is -2.54. The zero-order valence-corrected chi connectivity index (χ0v) is 25.2. The van der Waals surface area contributed by atoms with E-state index in [-0.39, 0.29) is 29.3 Å². The van der Waals surface area contributed by atoms with E-state index < -0.39 is 33.0 Å². The van der Waals surface area contributed by atoms with E-state index in [2.05, 4.69) is 40.3 Å². The molecule has 4 aliphatic carbocycles. The number of aliphatic hydroxyl groups is 1. The molecule has 0 saturated heterocycles. The van der Waals surface area contributed by atoms with Gasteiger partial charge in [0.05, 0.1) is 6.61 Å². The number of aliphatic hydroxyl groups excluding tert-OH is 1. The fraction of sp³-hybridized carbons (Fsp3) is 0.857. The molecule has 3 saturated carbocycles. The zero-order chi connectivity index (χ0) is 29.0. The third-order valence-corrected chi connectivity index (χ3v) is 12.0. The molecule has 4 aliphatic rings. The van der Waals surface area contributed by atoms with Gasteiger partial charge >= 0.3 is 20.8 Å². The molecule has 9 nitrogen and oxygen atoms in total. The van der Waals surface area contributed by atoms with E-state index in [1.807, 2.05) is 0 Å². The quantitative estimate of drug-likeness (QED) is 0.232. The minimum absolute atomic E-state index is 0.000819. The van der Waals surface area contributed by atoms with Crippen molar-refractivity contribution in [2.45, 2.75) is 97.7 Å². The lowest BCUT2D eigenvalue weighted by Gasteiger charge is -2.59. The van der Waals surface area contributed by atoms with Crippen LogP contribution in [0.3, 0.4) is 0 Å². The molecule has 0 unspecified atom stereocenters. The van der Waals surface area contributed by atoms with Gasteiger partial charge < -0.3 is 5.11 Å². The summed E-state index contributed by atoms with van der Waals surface area (Å²) >= 11 is 0. The van der Waals surface area contributed by atoms with Gasteiger partial charge in [-0.1, -0.05) is 45.9 Å². The Bertz CT molecular complexity index is 1180. The van der Waals surface area contributed by atoms with E-state index in [4.69, 9.17) is 8.37 Å². The molecule has 0 aromatic rings. The molecule has 0 aromatic heterocycles. The van der Waals surface area contributed by atoms with E-state index in [9.17, 15) is 31.0 Å². The number of allylic oxidation sites excluding steroid dienone is 2. The fourth-order valence-electron chi connectivity index (χ4n) is 9.01. The standard InChI is InChI=1S/C28H46O9S2/c1-17(2)18(3)6-7-19(16-36-38(30,31)32)21-10-11-22-20-8-9-24-26(29)25(37-39(33,34)35)13-15-28(24,5)23(20)12-14-27(21,22)4/h9,17,19-23,25-26,29H,3,6-8,10-16H2,1-2,4-5H3,(H,30,31,32)(H,33,34,35)/t19-,20-,21+,22+,23-,25+,26+,27+,28+/m0/s1. The molecule has 39 heavy (non-hydrogen) atoms. The highest BCUT2D eigenvalue weighted by Crippen LogP contribution is 2.67. The highest BCUT2D eigenvalue weighted by Gasteiger charge is 2.60. The summed E-state index contributed by atoms with van der Waals surface area (Å²) in [6.07, 6.45) is 7.31. The van der Waals surface area contributed by atoms with Gasteiger partial charge in [0.1, 0.15) is 12.2 Å². The molecule has 4 rings (SSSR count). The molecule has 0 spiro atoms. The summed E-state index contributed by atoms with van der Waals surface area (Å²) in [4.78, 5) is 0. The van der Waals surface area contributed by atoms with Crippen molar-refractivity contribution in [1.82, 2.24) is 0 Å². The predicted octanol–water partition coefficient (Wildman–Crippen LogP) is 5.15. The van der Waals surface area contributed by atoms with Gasteiger partial charge in [-0.05, 0) is 110 Å². The summed E-state index contributed by atoms with van der Waals surface area (Å²) < 4.78 is 73.8. The molecular weight excluding hydrogens is 544 g/mol. The Balaban J connectivity index is 1.56. The Kier molecular flexibility index (Phi) is 8.87. The Hall–Kier alpha value is -0.820. The normalized spacial score (nSPS) is 39.4. The smallest absolute Gasteiger partial charge is 0.386 e. The molecule has 224 valence electrons. The molecule has 0 aliphatic heterocycles. The second-order valence-electron chi connectivity index (χ2n) is 13.3. The van der Waals surface area contributed by atoms with Gasteiger partial charge in [-0.25, -0.2) is 8.37 Å². The predicted molar refractivity (Wildman–Crippen MR) is 147 cm³/mol. The number of hydrogen-bond acceptors (Lipinski definition) is 7. The van der Waals surface area contributed by atoms with Crippen LogP contribution in [0, 0.1) is 46.3 Å². The third-order valence-electron chi connectivity index (χ3n) is 11.1. The molecule has 9 atom stereocenters. The maximum Gasteiger partial charge on any atom is 0.397 e. The van der Waals surface area contributed by atoms with E-state index in [1.54, 1.807) is 0 Å². The van der Waals surface area contributed by atoms with Crippen molar-refractivity contribution in [3.05, 3.63) is 23.8 Å². The summed E-state index contributed by atoms with van der Waals surface area (Å²) in [7, 11) is -9.19. The fourth-order valence-corrected chi connectivity index (χ4v) is 9.87. The van der Waals surface area contributed by atoms with Crippen LogP contribution in [0.15, 0.2) is 23.8 Å². The highest BCUT2D eigenvalue weighted by atomic mass is 32.3. The summed E-state index contributed by atoms with van der Waals surface area (Å²) in [5, 5.41) is 11.0. The van der Waals surface area contributed by atoms with E-state index in [0.29, 0.717) is 36.5 Å². The molecule has 0 aromatic carbocycles. The highest BCUT2D eigenvalue weighted by molar-refractivity contribution is 7.81. The molecule has 0 heterocycles. The van der Waals surface area contributed by atoms with Crippen molar-refractivity contribution < 1.29 is 39.4 Å². The van der Waals surface area contributed by atoms with Crippen molar-refractivity contribution >= 4 is 20.8 Å². The van der Waals surface area contributed by atoms with Gasteiger partial charge in [0.25, 0.3) is 0 Å². The first-order chi connectivity index (χ1) is 18.0. The Morgan fingerprint density at radius 1 is 1.05 bits per heavy atom. The second-order valence-corrected chi connectivity index (χ2v) is 15.4. The number of rotatable bonds is 10. The van der Waals surface area contributed by atoms with Crippen molar-refractivity contribution in [2.75, 3.05) is 6.61 Å². The SMILES string of the molecule is C=C(CC[C@@H](COS(=O)(=O)O)[C@H]1CC[C@@H]2[C@@H]3CC=C4[C@@H](O)[C@H](OS(=O)(=O)O)CC[C@]4(C)[C@H]3CC[C@]12C)C(C)C. The van der Waals surface area contributed by atoms with Crippen molar-refractivity contribution in [3.63, 3.8) is 0 Å². The Morgan fingerprint density at radius 3 is 2.36 bits per heavy atom. The summed E-state index contributed by atoms with van der Waals surface area (Å²) in [6, 6.07) is 0. The average molecular weight is 591 g/mol. The zero-order valence-electron chi connectivity index (χ0n) is 23.6. The van der Waals surface area contributed by atoms with Gasteiger partial charge in [0.2, 0.25) is 0 Å². The molecule has 0 bridgehead atoms. The Labute approximate surface area is 234 Å². The van der Waals surface area contributed by atoms with E-state index in [0.717, 1.165) is 56.1 Å². The van der Waals surface area contributed by atoms with Gasteiger partial charge in [-0.3, -0.25) is 9.11 Å². The van der Waals surface area contributed by atoms with Crippen LogP contribution >= 0.6 is 0 Å². The first kappa shape index (κ1) is 31.1. The van der Waals surface area contributed by atoms with Crippen molar-refractivity contribution in [1.29, 1.82) is 0 Å². The number of hydrogen-bond donors (Lipinski definition) is 3. The summed E-state index contributed by atoms with van der Waals surface area (Å²) in [6.45, 7) is 12.9. The minimum atomic E-state index is -4.66. The maximum atomic E-state index is 11.5. The van der Waals surface area contributed by atoms with Crippen LogP contribution in [0.1, 0.15) is 85.5 Å². The van der Waals surface area contributed by atoms with Gasteiger partial charge in [-0.2, -0.15) is 16.8 Å². The van der Waals surface area contributed by atoms with Crippen LogP contribution in [0.25, 0.3) is 0 Å². The van der Waals surface area contributed by atoms with Crippen molar-refractivity contribution in [3.8, 4) is 0 Å². The average Bonchev–Trinajstić information content (AvgIpc) is 3.16. The van der Waals surface area contributed by atoms with Gasteiger partial charge in [0, 0.05) is 0 Å². The molecule has 0 radical (unpaired) electrons. The van der Waals surface area contributed by atoms with Crippen LogP contribution in [0.2, 0.25) is 0 Å². The van der Waals surface area contributed by atoms with Crippen LogP contribution in [0.5, 0.6) is 0 Å². The topological polar surface area (TPSA) is 147 Å². The first-order valence-electron chi connectivity index (χ1n) is 14.3. The Morgan fingerprint density at radius 2 is 1.74 bits per heavy atom. The van der Waals surface area contributed by atoms with Crippen LogP contribution in [0.4, 0.5) is 0 Å². The molecular formula is C28H46O9S2. The first-order valence-corrected chi connectivity index (χ1v) is 17.0. The van der Waals surface area contributed by atoms with Crippen LogP contribution < -0.4 is 0 Å². The van der Waals surface area contributed by atoms with Gasteiger partial charge in [0.15, 0.2) is 0 Å². The molecule has 11 heteroatoms. The monoisotopic (exact) mass is 590 g/mol. The summed E-state index contributed by atoms with van der Waals surface area (Å²) in [5.74, 6) is 1.75. The van der Waals surface area contributed by atoms with Crippen LogP contribution in [-0.4, -0.2) is 49.9 Å². The lowest BCUT2D eigenvalue weighted by atomic mass is 9.46. The van der Waals surface area contributed by atoms with Crippen molar-refractivity contribution in [2.24, 2.45) is 46.3 Å². The largest absolute Gasteiger partial charge is 0.397 e. The lowest BCUT2D eigenvalue weighted by molar-refractivity contribution is -0.0787.